The summed E-state index contributed by atoms with van der Waals surface area (Å²) < 4.78 is 22.2. The maximum Gasteiger partial charge on any atom is 0.410 e. The van der Waals surface area contributed by atoms with Crippen LogP contribution in [0.25, 0.3) is 0 Å². The SMILES string of the molecule is CCN(C(=O)CC1CC[C@@H](N(C(=O)c2ccc(OC)c(OCCCOC)c2)C(C)C)CN1C(=O)OC(C)(C)C)C(C)C. The van der Waals surface area contributed by atoms with Gasteiger partial charge in [-0.05, 0) is 86.4 Å². The highest BCUT2D eigenvalue weighted by atomic mass is 16.6. The summed E-state index contributed by atoms with van der Waals surface area (Å²) in [4.78, 5) is 46.0. The molecule has 0 N–H and O–H groups in total. The van der Waals surface area contributed by atoms with E-state index >= 15 is 0 Å². The van der Waals surface area contributed by atoms with Crippen LogP contribution < -0.4 is 9.47 Å². The summed E-state index contributed by atoms with van der Waals surface area (Å²) in [5, 5.41) is 0. The molecule has 0 aromatic heterocycles. The first kappa shape index (κ1) is 35.2. The number of benzene rings is 1. The smallest absolute Gasteiger partial charge is 0.410 e. The van der Waals surface area contributed by atoms with E-state index in [1.165, 1.54) is 0 Å². The van der Waals surface area contributed by atoms with Crippen LogP contribution in [0.4, 0.5) is 4.79 Å². The fraction of sp³-hybridized carbons (Fsp3) is 0.719. The molecule has 0 aliphatic carbocycles. The molecule has 10 nitrogen and oxygen atoms in total. The van der Waals surface area contributed by atoms with Gasteiger partial charge in [-0.3, -0.25) is 9.59 Å². The second-order valence-corrected chi connectivity index (χ2v) is 12.4. The van der Waals surface area contributed by atoms with Gasteiger partial charge in [0.1, 0.15) is 5.60 Å². The van der Waals surface area contributed by atoms with Gasteiger partial charge in [-0.1, -0.05) is 0 Å². The summed E-state index contributed by atoms with van der Waals surface area (Å²) in [6, 6.07) is 4.56. The Morgan fingerprint density at radius 3 is 2.24 bits per heavy atom. The van der Waals surface area contributed by atoms with Crippen molar-refractivity contribution in [3.8, 4) is 11.5 Å². The topological polar surface area (TPSA) is 97.9 Å². The van der Waals surface area contributed by atoms with Gasteiger partial charge in [0.05, 0.1) is 19.8 Å². The molecule has 3 amide bonds. The number of ether oxygens (including phenoxy) is 4. The van der Waals surface area contributed by atoms with Crippen molar-refractivity contribution in [1.82, 2.24) is 14.7 Å². The molecule has 0 radical (unpaired) electrons. The van der Waals surface area contributed by atoms with E-state index in [-0.39, 0.29) is 48.9 Å². The quantitative estimate of drug-likeness (QED) is 0.284. The number of carbonyl (C=O) groups excluding carboxylic acids is 3. The molecule has 1 heterocycles. The molecule has 0 spiro atoms. The van der Waals surface area contributed by atoms with Gasteiger partial charge in [-0.2, -0.15) is 0 Å². The van der Waals surface area contributed by atoms with Crippen molar-refractivity contribution in [2.75, 3.05) is 40.5 Å². The van der Waals surface area contributed by atoms with Gasteiger partial charge in [0.25, 0.3) is 5.91 Å². The van der Waals surface area contributed by atoms with Gasteiger partial charge < -0.3 is 33.6 Å². The molecular weight excluding hydrogens is 538 g/mol. The van der Waals surface area contributed by atoms with Crippen molar-refractivity contribution in [2.45, 2.75) is 111 Å². The highest BCUT2D eigenvalue weighted by Gasteiger charge is 2.40. The second-order valence-electron chi connectivity index (χ2n) is 12.4. The molecule has 0 saturated carbocycles. The third-order valence-corrected chi connectivity index (χ3v) is 7.35. The zero-order valence-corrected chi connectivity index (χ0v) is 27.4. The lowest BCUT2D eigenvalue weighted by Gasteiger charge is -2.45. The highest BCUT2D eigenvalue weighted by Crippen LogP contribution is 2.32. The summed E-state index contributed by atoms with van der Waals surface area (Å²) >= 11 is 0. The molecule has 2 rings (SSSR count). The molecule has 1 fully saturated rings. The van der Waals surface area contributed by atoms with Crippen LogP contribution in [0.2, 0.25) is 0 Å². The molecule has 10 heteroatoms. The number of methoxy groups -OCH3 is 2. The second kappa shape index (κ2) is 16.0. The molecular formula is C32H53N3O7. The molecule has 1 unspecified atom stereocenters. The summed E-state index contributed by atoms with van der Waals surface area (Å²) in [5.74, 6) is 0.892. The number of piperidine rings is 1. The molecule has 1 aromatic rings. The molecule has 1 aliphatic rings. The van der Waals surface area contributed by atoms with Crippen molar-refractivity contribution in [2.24, 2.45) is 0 Å². The maximum atomic E-state index is 14.0. The van der Waals surface area contributed by atoms with Crippen molar-refractivity contribution < 1.29 is 33.3 Å². The number of hydrogen-bond donors (Lipinski definition) is 0. The molecule has 1 aromatic carbocycles. The Morgan fingerprint density at radius 1 is 1.00 bits per heavy atom. The fourth-order valence-electron chi connectivity index (χ4n) is 5.42. The van der Waals surface area contributed by atoms with Gasteiger partial charge in [0.15, 0.2) is 11.5 Å². The van der Waals surface area contributed by atoms with E-state index in [1.807, 2.05) is 65.2 Å². The molecule has 2 atom stereocenters. The Labute approximate surface area is 252 Å². The van der Waals surface area contributed by atoms with Gasteiger partial charge in [-0.25, -0.2) is 4.79 Å². The van der Waals surface area contributed by atoms with Gasteiger partial charge >= 0.3 is 6.09 Å². The lowest BCUT2D eigenvalue weighted by Crippen LogP contribution is -2.58. The van der Waals surface area contributed by atoms with E-state index in [4.69, 9.17) is 18.9 Å². The standard InChI is InChI=1S/C32H53N3O7/c1-11-33(22(2)3)29(36)20-25-14-15-26(21-34(25)31(38)42-32(6,7)8)35(23(4)5)30(37)24-13-16-27(40-10)28(19-24)41-18-12-17-39-9/h13,16,19,22-23,25-26H,11-12,14-15,17-18,20-21H2,1-10H3/t25?,26-/m1/s1. The Balaban J connectivity index is 2.34. The lowest BCUT2D eigenvalue weighted by molar-refractivity contribution is -0.134. The first-order chi connectivity index (χ1) is 19.7. The summed E-state index contributed by atoms with van der Waals surface area (Å²) in [5.41, 5.74) is -0.217. The maximum absolute atomic E-state index is 14.0. The van der Waals surface area contributed by atoms with Gasteiger partial charge in [0, 0.05) is 63.3 Å². The monoisotopic (exact) mass is 591 g/mol. The van der Waals surface area contributed by atoms with Crippen LogP contribution in [0.15, 0.2) is 18.2 Å². The van der Waals surface area contributed by atoms with Crippen LogP contribution >= 0.6 is 0 Å². The van der Waals surface area contributed by atoms with E-state index in [9.17, 15) is 14.4 Å². The van der Waals surface area contributed by atoms with Crippen molar-refractivity contribution in [1.29, 1.82) is 0 Å². The molecule has 0 bridgehead atoms. The predicted molar refractivity (Wildman–Crippen MR) is 163 cm³/mol. The van der Waals surface area contributed by atoms with Gasteiger partial charge in [-0.15, -0.1) is 0 Å². The van der Waals surface area contributed by atoms with E-state index in [0.29, 0.717) is 56.1 Å². The van der Waals surface area contributed by atoms with Crippen LogP contribution in [0.3, 0.4) is 0 Å². The molecule has 1 saturated heterocycles. The van der Waals surface area contributed by atoms with Crippen LogP contribution in [-0.4, -0.2) is 103 Å². The van der Waals surface area contributed by atoms with Crippen molar-refractivity contribution in [3.63, 3.8) is 0 Å². The molecule has 1 aliphatic heterocycles. The average Bonchev–Trinajstić information content (AvgIpc) is 2.90. The largest absolute Gasteiger partial charge is 0.493 e. The van der Waals surface area contributed by atoms with Crippen molar-refractivity contribution >= 4 is 17.9 Å². The number of rotatable bonds is 13. The van der Waals surface area contributed by atoms with E-state index < -0.39 is 11.7 Å². The zero-order chi connectivity index (χ0) is 31.6. The lowest BCUT2D eigenvalue weighted by atomic mass is 9.93. The molecule has 238 valence electrons. The fourth-order valence-corrected chi connectivity index (χ4v) is 5.42. The minimum atomic E-state index is -0.692. The average molecular weight is 592 g/mol. The predicted octanol–water partition coefficient (Wildman–Crippen LogP) is 5.38. The Kier molecular flexibility index (Phi) is 13.4. The zero-order valence-electron chi connectivity index (χ0n) is 27.4. The van der Waals surface area contributed by atoms with Gasteiger partial charge in [0.2, 0.25) is 5.91 Å². The summed E-state index contributed by atoms with van der Waals surface area (Å²) in [7, 11) is 3.20. The minimum absolute atomic E-state index is 0.0116. The number of amides is 3. The Bertz CT molecular complexity index is 1040. The van der Waals surface area contributed by atoms with E-state index in [2.05, 4.69) is 0 Å². The highest BCUT2D eigenvalue weighted by molar-refractivity contribution is 5.95. The number of likely N-dealkylation sites (tertiary alicyclic amines) is 1. The van der Waals surface area contributed by atoms with Crippen molar-refractivity contribution in [3.05, 3.63) is 23.8 Å². The third kappa shape index (κ3) is 9.78. The van der Waals surface area contributed by atoms with E-state index in [1.54, 1.807) is 37.3 Å². The first-order valence-electron chi connectivity index (χ1n) is 15.1. The normalized spacial score (nSPS) is 17.3. The molecule has 42 heavy (non-hydrogen) atoms. The van der Waals surface area contributed by atoms with Crippen LogP contribution in [0.1, 0.15) is 91.4 Å². The minimum Gasteiger partial charge on any atom is -0.493 e. The Morgan fingerprint density at radius 2 is 1.69 bits per heavy atom. The number of hydrogen-bond acceptors (Lipinski definition) is 7. The third-order valence-electron chi connectivity index (χ3n) is 7.35. The summed E-state index contributed by atoms with van der Waals surface area (Å²) in [6.45, 7) is 17.2. The van der Waals surface area contributed by atoms with Crippen LogP contribution in [-0.2, 0) is 14.3 Å². The van der Waals surface area contributed by atoms with Crippen LogP contribution in [0.5, 0.6) is 11.5 Å². The Hall–Kier alpha value is -3.01. The first-order valence-corrected chi connectivity index (χ1v) is 15.1. The number of nitrogens with zero attached hydrogens (tertiary/aromatic N) is 3. The number of carbonyl (C=O) groups is 3. The van der Waals surface area contributed by atoms with Crippen LogP contribution in [0, 0.1) is 0 Å². The summed E-state index contributed by atoms with van der Waals surface area (Å²) in [6.07, 6.45) is 1.69. The van der Waals surface area contributed by atoms with E-state index in [0.717, 1.165) is 0 Å².